The summed E-state index contributed by atoms with van der Waals surface area (Å²) in [6.07, 6.45) is 0.855. The van der Waals surface area contributed by atoms with Crippen LogP contribution < -0.4 is 10.2 Å². The van der Waals surface area contributed by atoms with Crippen LogP contribution in [0.2, 0.25) is 5.02 Å². The number of aromatic nitrogens is 2. The first kappa shape index (κ1) is 18.8. The fourth-order valence-corrected chi connectivity index (χ4v) is 4.07. The first-order valence-electron chi connectivity index (χ1n) is 9.68. The molecule has 0 bridgehead atoms. The molecule has 3 aromatic rings. The number of rotatable bonds is 4. The number of halogens is 1. The van der Waals surface area contributed by atoms with Crippen molar-refractivity contribution < 1.29 is 0 Å². The lowest BCUT2D eigenvalue weighted by molar-refractivity contribution is 0.474. The number of nitrogens with zero attached hydrogens (tertiary/aromatic N) is 3. The fraction of sp³-hybridized carbons (Fsp3) is 0.304. The van der Waals surface area contributed by atoms with Gasteiger partial charge < -0.3 is 10.2 Å². The van der Waals surface area contributed by atoms with Crippen LogP contribution in [-0.4, -0.2) is 16.5 Å². The fourth-order valence-electron chi connectivity index (χ4n) is 3.88. The van der Waals surface area contributed by atoms with Gasteiger partial charge in [0.05, 0.1) is 0 Å². The molecule has 1 aromatic heterocycles. The normalized spacial score (nSPS) is 15.2. The number of aryl methyl sites for hydroxylation is 1. The third-order valence-electron chi connectivity index (χ3n) is 5.23. The van der Waals surface area contributed by atoms with Crippen LogP contribution in [0.3, 0.4) is 0 Å². The highest BCUT2D eigenvalue weighted by Gasteiger charge is 2.32. The Balaban J connectivity index is 1.68. The van der Waals surface area contributed by atoms with E-state index in [1.165, 1.54) is 11.1 Å². The smallest absolute Gasteiger partial charge is 0.229 e. The average Bonchev–Trinajstić information content (AvgIpc) is 2.67. The van der Waals surface area contributed by atoms with Crippen LogP contribution in [0.4, 0.5) is 17.5 Å². The Morgan fingerprint density at radius 3 is 2.68 bits per heavy atom. The molecule has 0 spiro atoms. The highest BCUT2D eigenvalue weighted by Crippen LogP contribution is 2.35. The Labute approximate surface area is 171 Å². The van der Waals surface area contributed by atoms with Gasteiger partial charge in [0.1, 0.15) is 5.82 Å². The molecule has 28 heavy (non-hydrogen) atoms. The molecule has 1 aliphatic heterocycles. The molecule has 5 heteroatoms. The summed E-state index contributed by atoms with van der Waals surface area (Å²) >= 11 is 6.11. The third kappa shape index (κ3) is 3.83. The van der Waals surface area contributed by atoms with Gasteiger partial charge in [0, 0.05) is 41.0 Å². The van der Waals surface area contributed by atoms with E-state index in [-0.39, 0.29) is 5.41 Å². The lowest BCUT2D eigenvalue weighted by Crippen LogP contribution is -2.42. The second kappa shape index (κ2) is 7.44. The van der Waals surface area contributed by atoms with Gasteiger partial charge in [-0.15, -0.1) is 0 Å². The molecular formula is C23H25ClN4. The molecule has 1 N–H and O–H groups in total. The minimum Gasteiger partial charge on any atom is -0.351 e. The lowest BCUT2D eigenvalue weighted by Gasteiger charge is -2.40. The van der Waals surface area contributed by atoms with Gasteiger partial charge in [0.15, 0.2) is 0 Å². The van der Waals surface area contributed by atoms with E-state index < -0.39 is 0 Å². The van der Waals surface area contributed by atoms with Gasteiger partial charge in [-0.05, 0) is 35.7 Å². The summed E-state index contributed by atoms with van der Waals surface area (Å²) in [6, 6.07) is 18.4. The number of benzene rings is 2. The average molecular weight is 393 g/mol. The van der Waals surface area contributed by atoms with Gasteiger partial charge in [-0.3, -0.25) is 0 Å². The van der Waals surface area contributed by atoms with Crippen molar-refractivity contribution in [2.24, 2.45) is 0 Å². The molecule has 0 atom stereocenters. The predicted octanol–water partition coefficient (Wildman–Crippen LogP) is 5.73. The lowest BCUT2D eigenvalue weighted by atomic mass is 9.78. The second-order valence-corrected chi connectivity index (χ2v) is 8.36. The molecule has 2 aromatic carbocycles. The van der Waals surface area contributed by atoms with Crippen LogP contribution in [0.5, 0.6) is 0 Å². The van der Waals surface area contributed by atoms with E-state index in [1.54, 1.807) is 0 Å². The maximum Gasteiger partial charge on any atom is 0.229 e. The largest absolute Gasteiger partial charge is 0.351 e. The van der Waals surface area contributed by atoms with E-state index in [1.807, 2.05) is 24.3 Å². The molecule has 2 heterocycles. The Bertz CT molecular complexity index is 999. The molecule has 0 aliphatic carbocycles. The van der Waals surface area contributed by atoms with E-state index in [9.17, 15) is 0 Å². The zero-order chi connectivity index (χ0) is 19.7. The van der Waals surface area contributed by atoms with Gasteiger partial charge in [-0.2, -0.15) is 4.98 Å². The van der Waals surface area contributed by atoms with Crippen molar-refractivity contribution in [1.29, 1.82) is 0 Å². The molecule has 4 rings (SSSR count). The maximum atomic E-state index is 6.11. The quantitative estimate of drug-likeness (QED) is 0.615. The number of hydrogen-bond acceptors (Lipinski definition) is 4. The minimum absolute atomic E-state index is 0.0622. The number of nitrogens with one attached hydrogen (secondary N) is 1. The summed E-state index contributed by atoms with van der Waals surface area (Å²) in [7, 11) is 0. The summed E-state index contributed by atoms with van der Waals surface area (Å²) in [5, 5.41) is 3.99. The Hall–Kier alpha value is -2.59. The van der Waals surface area contributed by atoms with Crippen LogP contribution in [0.25, 0.3) is 0 Å². The van der Waals surface area contributed by atoms with Crippen molar-refractivity contribution in [2.75, 3.05) is 16.8 Å². The van der Waals surface area contributed by atoms with Gasteiger partial charge in [0.25, 0.3) is 0 Å². The van der Waals surface area contributed by atoms with E-state index in [2.05, 4.69) is 66.3 Å². The van der Waals surface area contributed by atoms with Crippen molar-refractivity contribution in [3.63, 3.8) is 0 Å². The SMILES string of the molecule is CCc1cc(N2Cc3ccccc3C(C)(C)C2)nc(Nc2cccc(Cl)c2)n1. The Kier molecular flexibility index (Phi) is 4.98. The third-order valence-corrected chi connectivity index (χ3v) is 5.46. The maximum absolute atomic E-state index is 6.11. The molecule has 0 amide bonds. The molecular weight excluding hydrogens is 368 g/mol. The predicted molar refractivity (Wildman–Crippen MR) is 117 cm³/mol. The van der Waals surface area contributed by atoms with E-state index in [4.69, 9.17) is 16.6 Å². The molecule has 0 saturated carbocycles. The molecule has 144 valence electrons. The second-order valence-electron chi connectivity index (χ2n) is 7.93. The zero-order valence-corrected chi connectivity index (χ0v) is 17.3. The molecule has 0 radical (unpaired) electrons. The van der Waals surface area contributed by atoms with Crippen LogP contribution in [0, 0.1) is 0 Å². The summed E-state index contributed by atoms with van der Waals surface area (Å²) in [5.41, 5.74) is 4.75. The minimum atomic E-state index is 0.0622. The number of anilines is 3. The van der Waals surface area contributed by atoms with Crippen molar-refractivity contribution in [1.82, 2.24) is 9.97 Å². The topological polar surface area (TPSA) is 41.1 Å². The van der Waals surface area contributed by atoms with Gasteiger partial charge in [-0.25, -0.2) is 4.98 Å². The van der Waals surface area contributed by atoms with Gasteiger partial charge in [0.2, 0.25) is 5.95 Å². The van der Waals surface area contributed by atoms with Crippen molar-refractivity contribution in [3.8, 4) is 0 Å². The number of hydrogen-bond donors (Lipinski definition) is 1. The molecule has 0 saturated heterocycles. The van der Waals surface area contributed by atoms with Gasteiger partial charge >= 0.3 is 0 Å². The first-order valence-corrected chi connectivity index (χ1v) is 10.1. The Morgan fingerprint density at radius 2 is 1.89 bits per heavy atom. The Morgan fingerprint density at radius 1 is 1.07 bits per heavy atom. The zero-order valence-electron chi connectivity index (χ0n) is 16.5. The number of fused-ring (bicyclic) bond motifs is 1. The van der Waals surface area contributed by atoms with E-state index >= 15 is 0 Å². The van der Waals surface area contributed by atoms with Crippen LogP contribution >= 0.6 is 11.6 Å². The van der Waals surface area contributed by atoms with Crippen LogP contribution in [-0.2, 0) is 18.4 Å². The monoisotopic (exact) mass is 392 g/mol. The molecule has 0 fully saturated rings. The molecule has 1 aliphatic rings. The van der Waals surface area contributed by atoms with Crippen LogP contribution in [0.15, 0.2) is 54.6 Å². The summed E-state index contributed by atoms with van der Waals surface area (Å²) < 4.78 is 0. The van der Waals surface area contributed by atoms with Crippen molar-refractivity contribution in [2.45, 2.75) is 39.2 Å². The summed E-state index contributed by atoms with van der Waals surface area (Å²) in [5.74, 6) is 1.56. The summed E-state index contributed by atoms with van der Waals surface area (Å²) in [6.45, 7) is 8.48. The van der Waals surface area contributed by atoms with Crippen molar-refractivity contribution >= 4 is 29.1 Å². The molecule has 0 unspecified atom stereocenters. The van der Waals surface area contributed by atoms with Gasteiger partial charge in [-0.1, -0.05) is 62.7 Å². The van der Waals surface area contributed by atoms with E-state index in [0.29, 0.717) is 11.0 Å². The van der Waals surface area contributed by atoms with Crippen LogP contribution in [0.1, 0.15) is 37.6 Å². The van der Waals surface area contributed by atoms with Crippen molar-refractivity contribution in [3.05, 3.63) is 76.4 Å². The highest BCUT2D eigenvalue weighted by molar-refractivity contribution is 6.30. The highest BCUT2D eigenvalue weighted by atomic mass is 35.5. The molecule has 4 nitrogen and oxygen atoms in total. The first-order chi connectivity index (χ1) is 13.4. The standard InChI is InChI=1S/C23H25ClN4/c1-4-18-13-21(27-22(25-18)26-19-10-7-9-17(24)12-19)28-14-16-8-5-6-11-20(16)23(2,3)15-28/h5-13H,4,14-15H2,1-3H3,(H,25,26,27). The summed E-state index contributed by atoms with van der Waals surface area (Å²) in [4.78, 5) is 11.8. The van der Waals surface area contributed by atoms with E-state index in [0.717, 1.165) is 36.7 Å².